The number of hydrogen-bond donors (Lipinski definition) is 1. The summed E-state index contributed by atoms with van der Waals surface area (Å²) in [7, 11) is -3.32. The van der Waals surface area contributed by atoms with Gasteiger partial charge in [0, 0.05) is 31.1 Å². The molecule has 0 aromatic heterocycles. The Hall–Kier alpha value is -2.35. The molecule has 1 aliphatic rings. The van der Waals surface area contributed by atoms with Crippen molar-refractivity contribution in [3.8, 4) is 5.75 Å². The summed E-state index contributed by atoms with van der Waals surface area (Å²) in [6.07, 6.45) is 3.05. The van der Waals surface area contributed by atoms with Crippen molar-refractivity contribution >= 4 is 21.2 Å². The fourth-order valence-corrected chi connectivity index (χ4v) is 4.15. The fraction of sp³-hybridized carbons (Fsp3) is 0.368. The summed E-state index contributed by atoms with van der Waals surface area (Å²) >= 11 is 0. The molecule has 8 heteroatoms. The third-order valence-corrected chi connectivity index (χ3v) is 5.65. The molecule has 1 aliphatic heterocycles. The van der Waals surface area contributed by atoms with Gasteiger partial charge in [-0.25, -0.2) is 8.42 Å². The van der Waals surface area contributed by atoms with Crippen LogP contribution in [0.15, 0.2) is 53.4 Å². The van der Waals surface area contributed by atoms with Crippen LogP contribution in [0.4, 0.5) is 20.2 Å². The average Bonchev–Trinajstić information content (AvgIpc) is 2.62. The Kier molecular flexibility index (Phi) is 5.84. The van der Waals surface area contributed by atoms with E-state index < -0.39 is 16.4 Å². The Morgan fingerprint density at radius 3 is 2.52 bits per heavy atom. The van der Waals surface area contributed by atoms with Crippen LogP contribution < -0.4 is 15.0 Å². The minimum atomic E-state index is -3.32. The van der Waals surface area contributed by atoms with Crippen molar-refractivity contribution in [3.05, 3.63) is 48.5 Å². The molecule has 0 spiro atoms. The van der Waals surface area contributed by atoms with Crippen molar-refractivity contribution in [3.63, 3.8) is 0 Å². The third kappa shape index (κ3) is 5.09. The summed E-state index contributed by atoms with van der Waals surface area (Å²) in [5, 5.41) is 3.35. The molecule has 146 valence electrons. The second-order valence-corrected chi connectivity index (χ2v) is 8.55. The molecule has 0 radical (unpaired) electrons. The monoisotopic (exact) mass is 396 g/mol. The lowest BCUT2D eigenvalue weighted by molar-refractivity contribution is -0.0498. The number of ether oxygens (including phenoxy) is 1. The summed E-state index contributed by atoms with van der Waals surface area (Å²) in [6, 6.07) is 13.5. The number of hydrogen-bond acceptors (Lipinski definition) is 5. The predicted molar refractivity (Wildman–Crippen MR) is 101 cm³/mol. The number of para-hydroxylation sites is 1. The van der Waals surface area contributed by atoms with Crippen molar-refractivity contribution in [1.29, 1.82) is 0 Å². The molecular formula is C19H22F2N2O3S. The molecular weight excluding hydrogens is 374 g/mol. The topological polar surface area (TPSA) is 58.6 Å². The second-order valence-electron chi connectivity index (χ2n) is 6.57. The molecule has 0 aliphatic carbocycles. The number of nitrogens with zero attached hydrogens (tertiary/aromatic N) is 1. The minimum absolute atomic E-state index is 0.0821. The maximum atomic E-state index is 12.3. The van der Waals surface area contributed by atoms with Gasteiger partial charge in [0.1, 0.15) is 5.75 Å². The largest absolute Gasteiger partial charge is 0.435 e. The number of alkyl halides is 2. The van der Waals surface area contributed by atoms with Gasteiger partial charge in [-0.1, -0.05) is 12.1 Å². The number of nitrogens with one attached hydrogen (secondary N) is 1. The number of benzene rings is 2. The summed E-state index contributed by atoms with van der Waals surface area (Å²) < 4.78 is 52.9. The van der Waals surface area contributed by atoms with Crippen LogP contribution in [-0.2, 0) is 9.84 Å². The van der Waals surface area contributed by atoms with Gasteiger partial charge in [-0.05, 0) is 49.2 Å². The number of anilines is 2. The Bertz CT molecular complexity index is 873. The number of sulfone groups is 1. The van der Waals surface area contributed by atoms with Crippen LogP contribution in [0.3, 0.4) is 0 Å². The maximum absolute atomic E-state index is 12.3. The van der Waals surface area contributed by atoms with Gasteiger partial charge >= 0.3 is 6.61 Å². The molecule has 1 saturated heterocycles. The molecule has 2 aromatic carbocycles. The van der Waals surface area contributed by atoms with Gasteiger partial charge in [0.25, 0.3) is 0 Å². The van der Waals surface area contributed by atoms with Gasteiger partial charge in [-0.15, -0.1) is 0 Å². The molecule has 1 N–H and O–H groups in total. The summed E-state index contributed by atoms with van der Waals surface area (Å²) in [5.41, 5.74) is 1.52. The van der Waals surface area contributed by atoms with E-state index in [2.05, 4.69) is 15.0 Å². The summed E-state index contributed by atoms with van der Waals surface area (Å²) in [5.74, 6) is 0.127. The molecule has 27 heavy (non-hydrogen) atoms. The zero-order valence-corrected chi connectivity index (χ0v) is 15.8. The van der Waals surface area contributed by atoms with Crippen molar-refractivity contribution in [2.24, 2.45) is 0 Å². The molecule has 1 unspecified atom stereocenters. The van der Waals surface area contributed by atoms with Gasteiger partial charge < -0.3 is 15.0 Å². The molecule has 3 rings (SSSR count). The zero-order valence-electron chi connectivity index (χ0n) is 14.9. The van der Waals surface area contributed by atoms with Gasteiger partial charge in [-0.3, -0.25) is 0 Å². The van der Waals surface area contributed by atoms with E-state index in [1.807, 2.05) is 0 Å². The molecule has 0 saturated carbocycles. The highest BCUT2D eigenvalue weighted by atomic mass is 32.2. The van der Waals surface area contributed by atoms with Crippen molar-refractivity contribution in [2.75, 3.05) is 29.6 Å². The third-order valence-electron chi connectivity index (χ3n) is 4.49. The summed E-state index contributed by atoms with van der Waals surface area (Å²) in [4.78, 5) is 2.44. The molecule has 0 bridgehead atoms. The molecule has 1 heterocycles. The lowest BCUT2D eigenvalue weighted by Gasteiger charge is -2.35. The molecule has 2 aromatic rings. The lowest BCUT2D eigenvalue weighted by atomic mass is 10.0. The van der Waals surface area contributed by atoms with Crippen LogP contribution >= 0.6 is 0 Å². The van der Waals surface area contributed by atoms with Gasteiger partial charge in [-0.2, -0.15) is 8.78 Å². The first-order valence-corrected chi connectivity index (χ1v) is 10.6. The number of piperidine rings is 1. The first kappa shape index (κ1) is 19.4. The van der Waals surface area contributed by atoms with E-state index in [4.69, 9.17) is 0 Å². The van der Waals surface area contributed by atoms with Gasteiger partial charge in [0.15, 0.2) is 9.84 Å². The second kappa shape index (κ2) is 8.12. The molecule has 1 fully saturated rings. The highest BCUT2D eigenvalue weighted by Gasteiger charge is 2.22. The first-order valence-electron chi connectivity index (χ1n) is 8.68. The maximum Gasteiger partial charge on any atom is 0.387 e. The van der Waals surface area contributed by atoms with Gasteiger partial charge in [0.2, 0.25) is 0 Å². The normalized spacial score (nSPS) is 17.8. The Morgan fingerprint density at radius 1 is 1.15 bits per heavy atom. The quantitative estimate of drug-likeness (QED) is 0.806. The SMILES string of the molecule is CS(=O)(=O)c1ccccc1NC1CCCN(c2ccc(OC(F)F)cc2)C1. The zero-order chi connectivity index (χ0) is 19.4. The van der Waals surface area contributed by atoms with Crippen molar-refractivity contribution in [2.45, 2.75) is 30.4 Å². The van der Waals surface area contributed by atoms with E-state index in [9.17, 15) is 17.2 Å². The van der Waals surface area contributed by atoms with E-state index in [1.54, 1.807) is 36.4 Å². The van der Waals surface area contributed by atoms with Crippen LogP contribution in [-0.4, -0.2) is 40.4 Å². The van der Waals surface area contributed by atoms with Crippen LogP contribution in [0, 0.1) is 0 Å². The highest BCUT2D eigenvalue weighted by Crippen LogP contribution is 2.27. The van der Waals surface area contributed by atoms with Crippen LogP contribution in [0.5, 0.6) is 5.75 Å². The van der Waals surface area contributed by atoms with E-state index in [0.29, 0.717) is 12.2 Å². The number of rotatable bonds is 6. The van der Waals surface area contributed by atoms with Crippen LogP contribution in [0.1, 0.15) is 12.8 Å². The smallest absolute Gasteiger partial charge is 0.387 e. The fourth-order valence-electron chi connectivity index (χ4n) is 3.30. The van der Waals surface area contributed by atoms with E-state index in [-0.39, 0.29) is 16.7 Å². The van der Waals surface area contributed by atoms with Crippen LogP contribution in [0.2, 0.25) is 0 Å². The predicted octanol–water partition coefficient (Wildman–Crippen LogP) is 3.77. The molecule has 1 atom stereocenters. The van der Waals surface area contributed by atoms with Crippen LogP contribution in [0.25, 0.3) is 0 Å². The first-order chi connectivity index (χ1) is 12.8. The van der Waals surface area contributed by atoms with Crippen molar-refractivity contribution in [1.82, 2.24) is 0 Å². The van der Waals surface area contributed by atoms with Gasteiger partial charge in [0.05, 0.1) is 10.6 Å². The minimum Gasteiger partial charge on any atom is -0.435 e. The lowest BCUT2D eigenvalue weighted by Crippen LogP contribution is -2.42. The Morgan fingerprint density at radius 2 is 1.85 bits per heavy atom. The Balaban J connectivity index is 1.70. The molecule has 0 amide bonds. The van der Waals surface area contributed by atoms with E-state index in [0.717, 1.165) is 25.1 Å². The highest BCUT2D eigenvalue weighted by molar-refractivity contribution is 7.90. The number of halogens is 2. The van der Waals surface area contributed by atoms with E-state index in [1.165, 1.54) is 18.4 Å². The molecule has 5 nitrogen and oxygen atoms in total. The van der Waals surface area contributed by atoms with E-state index >= 15 is 0 Å². The standard InChI is InChI=1S/C19H22F2N2O3S/c1-27(24,25)18-7-3-2-6-17(18)22-14-5-4-12-23(13-14)15-8-10-16(11-9-15)26-19(20)21/h2-3,6-11,14,19,22H,4-5,12-13H2,1H3. The summed E-state index contributed by atoms with van der Waals surface area (Å²) in [6.45, 7) is -1.30. The Labute approximate surface area is 157 Å². The van der Waals surface area contributed by atoms with Crippen molar-refractivity contribution < 1.29 is 21.9 Å². The average molecular weight is 396 g/mol.